The Balaban J connectivity index is 1.70. The van der Waals surface area contributed by atoms with Crippen molar-refractivity contribution < 1.29 is 9.59 Å². The first kappa shape index (κ1) is 18.2. The Bertz CT molecular complexity index is 911. The Morgan fingerprint density at radius 1 is 0.926 bits per heavy atom. The largest absolute Gasteiger partial charge is 0.397 e. The lowest BCUT2D eigenvalue weighted by Crippen LogP contribution is -2.24. The van der Waals surface area contributed by atoms with E-state index in [4.69, 9.17) is 5.73 Å². The Kier molecular flexibility index (Phi) is 5.84. The number of hydrogen-bond donors (Lipinski definition) is 2. The molecule has 3 N–H and O–H groups in total. The summed E-state index contributed by atoms with van der Waals surface area (Å²) in [5, 5.41) is 2.87. The maximum absolute atomic E-state index is 12.4. The number of nitrogens with one attached hydrogen (secondary N) is 1. The van der Waals surface area contributed by atoms with Gasteiger partial charge in [-0.15, -0.1) is 0 Å². The van der Waals surface area contributed by atoms with E-state index < -0.39 is 0 Å². The van der Waals surface area contributed by atoms with Crippen LogP contribution in [0.25, 0.3) is 0 Å². The molecule has 5 nitrogen and oxygen atoms in total. The molecule has 27 heavy (non-hydrogen) atoms. The molecule has 0 spiro atoms. The van der Waals surface area contributed by atoms with Gasteiger partial charge in [-0.25, -0.2) is 0 Å². The third kappa shape index (κ3) is 4.73. The van der Waals surface area contributed by atoms with E-state index in [1.54, 1.807) is 18.2 Å². The lowest BCUT2D eigenvalue weighted by molar-refractivity contribution is -0.107. The molecule has 0 aromatic heterocycles. The van der Waals surface area contributed by atoms with Gasteiger partial charge in [0.25, 0.3) is 5.91 Å². The van der Waals surface area contributed by atoms with Crippen molar-refractivity contribution in [2.75, 3.05) is 10.6 Å². The fourth-order valence-electron chi connectivity index (χ4n) is 2.80. The number of nitrogens with zero attached hydrogens (tertiary/aromatic N) is 1. The first-order valence-corrected chi connectivity index (χ1v) is 8.65. The van der Waals surface area contributed by atoms with E-state index in [1.165, 1.54) is 4.90 Å². The molecule has 2 amide bonds. The second-order valence-electron chi connectivity index (χ2n) is 6.16. The summed E-state index contributed by atoms with van der Waals surface area (Å²) < 4.78 is 0. The maximum Gasteiger partial charge on any atom is 0.251 e. The van der Waals surface area contributed by atoms with E-state index in [1.807, 2.05) is 60.7 Å². The van der Waals surface area contributed by atoms with Crippen molar-refractivity contribution in [2.45, 2.75) is 13.1 Å². The number of nitrogen functional groups attached to an aromatic ring is 1. The molecule has 0 fully saturated rings. The highest BCUT2D eigenvalue weighted by molar-refractivity contribution is 5.97. The maximum atomic E-state index is 12.4. The summed E-state index contributed by atoms with van der Waals surface area (Å²) in [7, 11) is 0. The van der Waals surface area contributed by atoms with Crippen LogP contribution >= 0.6 is 0 Å². The highest BCUT2D eigenvalue weighted by atomic mass is 16.1. The van der Waals surface area contributed by atoms with Gasteiger partial charge >= 0.3 is 0 Å². The lowest BCUT2D eigenvalue weighted by atomic mass is 10.1. The van der Waals surface area contributed by atoms with Crippen LogP contribution in [0.3, 0.4) is 0 Å². The molecule has 0 unspecified atom stereocenters. The molecule has 0 aliphatic rings. The number of amides is 2. The van der Waals surface area contributed by atoms with Crippen molar-refractivity contribution in [3.05, 3.63) is 95.6 Å². The Morgan fingerprint density at radius 2 is 1.56 bits per heavy atom. The van der Waals surface area contributed by atoms with Gasteiger partial charge in [-0.05, 0) is 29.3 Å². The third-order valence-corrected chi connectivity index (χ3v) is 4.22. The van der Waals surface area contributed by atoms with Gasteiger partial charge in [-0.3, -0.25) is 9.59 Å². The molecule has 5 heteroatoms. The Hall–Kier alpha value is -3.60. The van der Waals surface area contributed by atoms with E-state index in [0.29, 0.717) is 30.0 Å². The SMILES string of the molecule is Nc1cc(C(=O)NCc2ccccc2)ccc1N(C=O)Cc1ccccc1. The van der Waals surface area contributed by atoms with Crippen LogP contribution in [0.4, 0.5) is 11.4 Å². The zero-order valence-corrected chi connectivity index (χ0v) is 14.8. The van der Waals surface area contributed by atoms with Crippen molar-refractivity contribution in [2.24, 2.45) is 0 Å². The van der Waals surface area contributed by atoms with Crippen LogP contribution < -0.4 is 16.0 Å². The number of carbonyl (C=O) groups is 2. The van der Waals surface area contributed by atoms with E-state index in [0.717, 1.165) is 17.5 Å². The van der Waals surface area contributed by atoms with Gasteiger partial charge in [0.05, 0.1) is 17.9 Å². The first-order chi connectivity index (χ1) is 13.2. The fourth-order valence-corrected chi connectivity index (χ4v) is 2.80. The predicted molar refractivity (Wildman–Crippen MR) is 107 cm³/mol. The van der Waals surface area contributed by atoms with Crippen LogP contribution in [0.5, 0.6) is 0 Å². The van der Waals surface area contributed by atoms with Gasteiger partial charge in [-0.2, -0.15) is 0 Å². The molecule has 0 saturated heterocycles. The Labute approximate surface area is 158 Å². The minimum absolute atomic E-state index is 0.210. The van der Waals surface area contributed by atoms with Gasteiger partial charge in [0, 0.05) is 12.1 Å². The van der Waals surface area contributed by atoms with E-state index in [-0.39, 0.29) is 5.91 Å². The number of anilines is 2. The average Bonchev–Trinajstić information content (AvgIpc) is 2.72. The first-order valence-electron chi connectivity index (χ1n) is 8.65. The van der Waals surface area contributed by atoms with Gasteiger partial charge in [-0.1, -0.05) is 60.7 Å². The molecule has 0 aliphatic carbocycles. The van der Waals surface area contributed by atoms with Crippen molar-refractivity contribution in [1.82, 2.24) is 5.32 Å². The minimum atomic E-state index is -0.210. The number of benzene rings is 3. The van der Waals surface area contributed by atoms with Crippen LogP contribution in [-0.2, 0) is 17.9 Å². The predicted octanol–water partition coefficient (Wildman–Crippen LogP) is 3.36. The average molecular weight is 359 g/mol. The number of carbonyl (C=O) groups excluding carboxylic acids is 2. The zero-order valence-electron chi connectivity index (χ0n) is 14.8. The summed E-state index contributed by atoms with van der Waals surface area (Å²) in [6.45, 7) is 0.851. The van der Waals surface area contributed by atoms with Gasteiger partial charge in [0.15, 0.2) is 0 Å². The van der Waals surface area contributed by atoms with Crippen LogP contribution in [0, 0.1) is 0 Å². The van der Waals surface area contributed by atoms with E-state index >= 15 is 0 Å². The van der Waals surface area contributed by atoms with Crippen LogP contribution in [-0.4, -0.2) is 12.3 Å². The molecule has 3 aromatic rings. The molecule has 3 aromatic carbocycles. The summed E-state index contributed by atoms with van der Waals surface area (Å²) in [5.41, 5.74) is 9.54. The normalized spacial score (nSPS) is 10.2. The smallest absolute Gasteiger partial charge is 0.251 e. The summed E-state index contributed by atoms with van der Waals surface area (Å²) in [6.07, 6.45) is 0.744. The highest BCUT2D eigenvalue weighted by Gasteiger charge is 2.13. The molecule has 0 aliphatic heterocycles. The molecule has 0 atom stereocenters. The molecular weight excluding hydrogens is 338 g/mol. The summed E-state index contributed by atoms with van der Waals surface area (Å²) >= 11 is 0. The molecule has 0 bridgehead atoms. The van der Waals surface area contributed by atoms with Crippen LogP contribution in [0.15, 0.2) is 78.9 Å². The third-order valence-electron chi connectivity index (χ3n) is 4.22. The number of rotatable bonds is 7. The van der Waals surface area contributed by atoms with E-state index in [9.17, 15) is 9.59 Å². The molecule has 0 radical (unpaired) electrons. The van der Waals surface area contributed by atoms with Crippen molar-refractivity contribution in [3.63, 3.8) is 0 Å². The lowest BCUT2D eigenvalue weighted by Gasteiger charge is -2.20. The van der Waals surface area contributed by atoms with Gasteiger partial charge in [0.2, 0.25) is 6.41 Å². The Morgan fingerprint density at radius 3 is 2.15 bits per heavy atom. The second-order valence-corrected chi connectivity index (χ2v) is 6.16. The number of hydrogen-bond acceptors (Lipinski definition) is 3. The molecule has 136 valence electrons. The highest BCUT2D eigenvalue weighted by Crippen LogP contribution is 2.25. The van der Waals surface area contributed by atoms with Crippen molar-refractivity contribution in [3.8, 4) is 0 Å². The fraction of sp³-hybridized carbons (Fsp3) is 0.0909. The van der Waals surface area contributed by atoms with Crippen LogP contribution in [0.1, 0.15) is 21.5 Å². The molecule has 0 heterocycles. The standard InChI is InChI=1S/C22H21N3O2/c23-20-13-19(22(27)24-14-17-7-3-1-4-8-17)11-12-21(20)25(16-26)15-18-9-5-2-6-10-18/h1-13,16H,14-15,23H2,(H,24,27). The van der Waals surface area contributed by atoms with Crippen LogP contribution in [0.2, 0.25) is 0 Å². The van der Waals surface area contributed by atoms with Crippen molar-refractivity contribution in [1.29, 1.82) is 0 Å². The minimum Gasteiger partial charge on any atom is -0.397 e. The summed E-state index contributed by atoms with van der Waals surface area (Å²) in [5.74, 6) is -0.210. The summed E-state index contributed by atoms with van der Waals surface area (Å²) in [6, 6.07) is 24.3. The topological polar surface area (TPSA) is 75.4 Å². The van der Waals surface area contributed by atoms with Gasteiger partial charge in [0.1, 0.15) is 0 Å². The summed E-state index contributed by atoms with van der Waals surface area (Å²) in [4.78, 5) is 25.4. The quantitative estimate of drug-likeness (QED) is 0.502. The second kappa shape index (κ2) is 8.67. The monoisotopic (exact) mass is 359 g/mol. The molecular formula is C22H21N3O2. The van der Waals surface area contributed by atoms with Gasteiger partial charge < -0.3 is 16.0 Å². The van der Waals surface area contributed by atoms with E-state index in [2.05, 4.69) is 5.32 Å². The number of nitrogens with two attached hydrogens (primary N) is 1. The molecule has 3 rings (SSSR count). The van der Waals surface area contributed by atoms with Crippen molar-refractivity contribution >= 4 is 23.7 Å². The molecule has 0 saturated carbocycles. The zero-order chi connectivity index (χ0) is 19.1.